The number of quaternary nitrogens is 1. The maximum Gasteiger partial charge on any atom is 0.425 e. The van der Waals surface area contributed by atoms with Gasteiger partial charge in [0.25, 0.3) is 5.56 Å². The number of aliphatic hydroxyl groups is 1. The predicted molar refractivity (Wildman–Crippen MR) is 125 cm³/mol. The third kappa shape index (κ3) is 4.49. The summed E-state index contributed by atoms with van der Waals surface area (Å²) in [7, 11) is 1.33. The van der Waals surface area contributed by atoms with E-state index in [9.17, 15) is 32.3 Å². The van der Waals surface area contributed by atoms with Gasteiger partial charge >= 0.3 is 6.18 Å². The Morgan fingerprint density at radius 2 is 1.89 bits per heavy atom. The molecule has 0 spiro atoms. The lowest BCUT2D eigenvalue weighted by Gasteiger charge is -2.31. The molecule has 13 heteroatoms. The Kier molecular flexibility index (Phi) is 6.44. The number of benzene rings is 2. The number of nitrogens with one attached hydrogen (secondary N) is 1. The molecule has 1 amide bonds. The minimum absolute atomic E-state index is 0.0363. The fraction of sp³-hybridized carbons (Fsp3) is 0.167. The van der Waals surface area contributed by atoms with E-state index in [2.05, 4.69) is 4.98 Å². The summed E-state index contributed by atoms with van der Waals surface area (Å²) in [6.45, 7) is -0.622. The van der Waals surface area contributed by atoms with Crippen molar-refractivity contribution >= 4 is 34.5 Å². The maximum atomic E-state index is 14.6. The van der Waals surface area contributed by atoms with Crippen LogP contribution in [0.5, 0.6) is 0 Å². The molecule has 2 aromatic heterocycles. The van der Waals surface area contributed by atoms with Gasteiger partial charge in [0.15, 0.2) is 0 Å². The number of aromatic nitrogens is 3. The van der Waals surface area contributed by atoms with Crippen molar-refractivity contribution in [1.29, 1.82) is 5.41 Å². The van der Waals surface area contributed by atoms with Crippen LogP contribution >= 0.6 is 0 Å². The molecule has 6 N–H and O–H groups in total. The molecule has 2 aromatic carbocycles. The zero-order valence-corrected chi connectivity index (χ0v) is 19.3. The lowest BCUT2D eigenvalue weighted by atomic mass is 9.85. The summed E-state index contributed by atoms with van der Waals surface area (Å²) in [5.74, 6) is -1.38. The Labute approximate surface area is 206 Å². The third-order valence-electron chi connectivity index (χ3n) is 5.91. The second-order valence-corrected chi connectivity index (χ2v) is 8.39. The Morgan fingerprint density at radius 1 is 1.22 bits per heavy atom. The van der Waals surface area contributed by atoms with E-state index in [1.165, 1.54) is 37.4 Å². The summed E-state index contributed by atoms with van der Waals surface area (Å²) in [6.07, 6.45) is -2.65. The monoisotopic (exact) mass is 517 g/mol. The first-order valence-corrected chi connectivity index (χ1v) is 10.7. The Hall–Kier alpha value is -4.36. The highest BCUT2D eigenvalue weighted by atomic mass is 19.4. The van der Waals surface area contributed by atoms with Crippen LogP contribution in [-0.2, 0) is 24.0 Å². The van der Waals surface area contributed by atoms with Crippen molar-refractivity contribution in [2.45, 2.75) is 18.3 Å². The van der Waals surface area contributed by atoms with Crippen molar-refractivity contribution in [3.63, 3.8) is 0 Å². The molecular formula is C24H21F4N6O3+. The van der Waals surface area contributed by atoms with Crippen molar-refractivity contribution in [3.8, 4) is 0 Å². The van der Waals surface area contributed by atoms with Gasteiger partial charge in [-0.15, -0.1) is 0 Å². The van der Waals surface area contributed by atoms with E-state index < -0.39 is 52.2 Å². The molecule has 1 atom stereocenters. The molecule has 9 nitrogen and oxygen atoms in total. The topological polar surface area (TPSA) is 144 Å². The van der Waals surface area contributed by atoms with Gasteiger partial charge in [0, 0.05) is 43.2 Å². The van der Waals surface area contributed by atoms with Crippen LogP contribution in [0.1, 0.15) is 16.7 Å². The molecule has 4 rings (SSSR count). The van der Waals surface area contributed by atoms with Crippen molar-refractivity contribution in [1.82, 2.24) is 14.1 Å². The van der Waals surface area contributed by atoms with E-state index in [-0.39, 0.29) is 11.1 Å². The minimum atomic E-state index is -5.30. The number of carbonyl (C=O) groups excluding carboxylic acids is 1. The number of aryl methyl sites for hydroxylation is 1. The molecule has 0 aliphatic heterocycles. The zero-order chi connectivity index (χ0) is 27.1. The lowest BCUT2D eigenvalue weighted by molar-refractivity contribution is -0.478. The van der Waals surface area contributed by atoms with Gasteiger partial charge in [0.1, 0.15) is 34.8 Å². The predicted octanol–water partition coefficient (Wildman–Crippen LogP) is 1.68. The largest absolute Gasteiger partial charge is 0.425 e. The molecule has 0 saturated carbocycles. The molecule has 1 unspecified atom stereocenters. The van der Waals surface area contributed by atoms with Crippen LogP contribution in [0.3, 0.4) is 0 Å². The number of rotatable bonds is 7. The normalized spacial score (nSPS) is 13.5. The van der Waals surface area contributed by atoms with E-state index in [4.69, 9.17) is 11.1 Å². The van der Waals surface area contributed by atoms with Crippen molar-refractivity contribution in [2.75, 3.05) is 0 Å². The molecule has 0 fully saturated rings. The highest BCUT2D eigenvalue weighted by Gasteiger charge is 2.58. The van der Waals surface area contributed by atoms with Gasteiger partial charge in [-0.2, -0.15) is 13.2 Å². The van der Waals surface area contributed by atoms with Crippen molar-refractivity contribution in [3.05, 3.63) is 87.9 Å². The average molecular weight is 517 g/mol. The number of hydrogen-bond acceptors (Lipinski definition) is 5. The molecule has 0 saturated heterocycles. The molecule has 2 heterocycles. The SMILES string of the molecule is Cn1cnc2c(C(O)(c3ccc([NH2+]c4ccc(F)cc4)c(C=N)c3)C(F)(F)F)cn(CC(N)=O)c2c1=O. The van der Waals surface area contributed by atoms with Gasteiger partial charge in [-0.05, 0) is 29.8 Å². The van der Waals surface area contributed by atoms with E-state index in [1.807, 2.05) is 0 Å². The van der Waals surface area contributed by atoms with Crippen LogP contribution in [0.25, 0.3) is 11.0 Å². The first-order chi connectivity index (χ1) is 17.4. The molecule has 0 aliphatic rings. The summed E-state index contributed by atoms with van der Waals surface area (Å²) in [5, 5.41) is 20.6. The number of hydrogen-bond donors (Lipinski definition) is 4. The molecule has 37 heavy (non-hydrogen) atoms. The smallest absolute Gasteiger partial charge is 0.372 e. The summed E-state index contributed by atoms with van der Waals surface area (Å²) in [6, 6.07) is 8.66. The Balaban J connectivity index is 1.93. The molecule has 192 valence electrons. The number of alkyl halides is 3. The minimum Gasteiger partial charge on any atom is -0.372 e. The Morgan fingerprint density at radius 3 is 2.49 bits per heavy atom. The van der Waals surface area contributed by atoms with E-state index in [0.717, 1.165) is 40.0 Å². The van der Waals surface area contributed by atoms with Gasteiger partial charge in [-0.1, -0.05) is 0 Å². The molecule has 4 aromatic rings. The second kappa shape index (κ2) is 9.26. The van der Waals surface area contributed by atoms with Crippen LogP contribution < -0.4 is 16.6 Å². The number of primary amides is 1. The van der Waals surface area contributed by atoms with E-state index in [0.29, 0.717) is 11.4 Å². The highest BCUT2D eigenvalue weighted by Crippen LogP contribution is 2.46. The standard InChI is InChI=1S/C24H20F4N6O3/c1-33-12-31-20-17(10-34(11-19(30)35)21(20)22(33)36)23(37,24(26,27)28)14-2-7-18(13(8-14)9-29)32-16-5-3-15(25)4-6-16/h2-10,12,29,32,37H,11H2,1H3,(H2,30,35)/p+1. The number of amides is 1. The van der Waals surface area contributed by atoms with Crippen molar-refractivity contribution in [2.24, 2.45) is 12.8 Å². The summed E-state index contributed by atoms with van der Waals surface area (Å²) >= 11 is 0. The van der Waals surface area contributed by atoms with Gasteiger partial charge in [0.2, 0.25) is 11.5 Å². The van der Waals surface area contributed by atoms with Crippen LogP contribution in [-0.4, -0.2) is 37.5 Å². The van der Waals surface area contributed by atoms with Crippen LogP contribution in [0, 0.1) is 11.2 Å². The average Bonchev–Trinajstić information content (AvgIpc) is 3.20. The fourth-order valence-corrected chi connectivity index (χ4v) is 4.09. The summed E-state index contributed by atoms with van der Waals surface area (Å²) in [4.78, 5) is 28.2. The fourth-order valence-electron chi connectivity index (χ4n) is 4.09. The van der Waals surface area contributed by atoms with Crippen LogP contribution in [0.15, 0.2) is 59.8 Å². The number of nitrogens with zero attached hydrogens (tertiary/aromatic N) is 3. The molecule has 0 aliphatic carbocycles. The van der Waals surface area contributed by atoms with Crippen LogP contribution in [0.2, 0.25) is 0 Å². The van der Waals surface area contributed by atoms with E-state index >= 15 is 0 Å². The summed E-state index contributed by atoms with van der Waals surface area (Å²) in [5.41, 5.74) is -0.482. The van der Waals surface area contributed by atoms with E-state index in [1.54, 1.807) is 5.32 Å². The summed E-state index contributed by atoms with van der Waals surface area (Å²) < 4.78 is 59.0. The zero-order valence-electron chi connectivity index (χ0n) is 19.3. The van der Waals surface area contributed by atoms with Crippen molar-refractivity contribution < 1.29 is 32.8 Å². The second-order valence-electron chi connectivity index (χ2n) is 8.39. The van der Waals surface area contributed by atoms with Gasteiger partial charge in [-0.3, -0.25) is 14.9 Å². The number of fused-ring (bicyclic) bond motifs is 1. The molecule has 0 radical (unpaired) electrons. The molecular weight excluding hydrogens is 496 g/mol. The lowest BCUT2D eigenvalue weighted by Crippen LogP contribution is -2.71. The quantitative estimate of drug-likeness (QED) is 0.168. The number of halogens is 4. The number of nitrogens with two attached hydrogens (primary N) is 2. The van der Waals surface area contributed by atoms with Gasteiger partial charge in [0.05, 0.1) is 11.9 Å². The third-order valence-corrected chi connectivity index (χ3v) is 5.91. The first-order valence-electron chi connectivity index (χ1n) is 10.7. The highest BCUT2D eigenvalue weighted by molar-refractivity contribution is 5.85. The number of carbonyl (C=O) groups is 1. The molecule has 0 bridgehead atoms. The maximum absolute atomic E-state index is 14.6. The van der Waals surface area contributed by atoms with Gasteiger partial charge in [-0.25, -0.2) is 9.37 Å². The van der Waals surface area contributed by atoms with Gasteiger partial charge < -0.3 is 25.4 Å². The Bertz CT molecular complexity index is 1580. The van der Waals surface area contributed by atoms with Crippen LogP contribution in [0.4, 0.5) is 28.9 Å². The first kappa shape index (κ1) is 25.7.